The summed E-state index contributed by atoms with van der Waals surface area (Å²) in [5, 5.41) is 10.3. The molecule has 9 nitrogen and oxygen atoms in total. The first-order chi connectivity index (χ1) is 12.8. The van der Waals surface area contributed by atoms with Crippen LogP contribution in [0.25, 0.3) is 0 Å². The molecule has 1 amide bonds. The zero-order valence-corrected chi connectivity index (χ0v) is 18.1. The minimum absolute atomic E-state index is 0. The average molecular weight is 435 g/mol. The zero-order valence-electron chi connectivity index (χ0n) is 16.5. The summed E-state index contributed by atoms with van der Waals surface area (Å²) in [6.45, 7) is 4.03. The number of anilines is 1. The average Bonchev–Trinajstić information content (AvgIpc) is 2.97. The number of aryl methyl sites for hydroxylation is 1. The molecule has 0 unspecified atom stereocenters. The highest BCUT2D eigenvalue weighted by atomic mass is 35.5. The highest BCUT2D eigenvalue weighted by Gasteiger charge is 2.26. The fraction of sp³-hybridized carbons (Fsp3) is 0.824. The Labute approximate surface area is 172 Å². The van der Waals surface area contributed by atoms with Crippen molar-refractivity contribution in [2.45, 2.75) is 57.4 Å². The first kappa shape index (κ1) is 23.1. The third-order valence-corrected chi connectivity index (χ3v) is 6.75. The van der Waals surface area contributed by atoms with Crippen LogP contribution in [0, 0.1) is 5.92 Å². The number of hydrogen-bond acceptors (Lipinski definition) is 6. The molecule has 2 aliphatic rings. The summed E-state index contributed by atoms with van der Waals surface area (Å²) in [5.74, 6) is 0.691. The molecule has 1 saturated heterocycles. The van der Waals surface area contributed by atoms with Gasteiger partial charge in [0.2, 0.25) is 21.9 Å². The van der Waals surface area contributed by atoms with E-state index in [-0.39, 0.29) is 30.3 Å². The summed E-state index contributed by atoms with van der Waals surface area (Å²) in [6, 6.07) is -0.0691. The van der Waals surface area contributed by atoms with Gasteiger partial charge in [0.1, 0.15) is 5.75 Å². The van der Waals surface area contributed by atoms with E-state index in [1.54, 1.807) is 7.05 Å². The predicted molar refractivity (Wildman–Crippen MR) is 110 cm³/mol. The number of nitrogens with one attached hydrogen (secondary N) is 3. The second kappa shape index (κ2) is 10.00. The molecule has 0 atom stereocenters. The second-order valence-electron chi connectivity index (χ2n) is 7.82. The summed E-state index contributed by atoms with van der Waals surface area (Å²) in [5.41, 5.74) is 0. The van der Waals surface area contributed by atoms with Gasteiger partial charge in [0.15, 0.2) is 5.82 Å². The van der Waals surface area contributed by atoms with Gasteiger partial charge in [-0.05, 0) is 57.5 Å². The molecule has 0 aromatic carbocycles. The van der Waals surface area contributed by atoms with E-state index in [2.05, 4.69) is 32.4 Å². The van der Waals surface area contributed by atoms with Gasteiger partial charge in [0.25, 0.3) is 0 Å². The molecule has 0 radical (unpaired) electrons. The molecule has 1 aromatic rings. The number of carbonyl (C=O) groups is 1. The first-order valence-corrected chi connectivity index (χ1v) is 11.4. The SMILES string of the molecule is CC1CCC(NS(=O)(=O)CC(=O)Nc2nc(C3CCNCC3)nn2C)CC1.Cl. The largest absolute Gasteiger partial charge is 0.317 e. The lowest BCUT2D eigenvalue weighted by Crippen LogP contribution is -2.41. The predicted octanol–water partition coefficient (Wildman–Crippen LogP) is 1.14. The van der Waals surface area contributed by atoms with Gasteiger partial charge < -0.3 is 5.32 Å². The van der Waals surface area contributed by atoms with Crippen molar-refractivity contribution < 1.29 is 13.2 Å². The molecule has 0 spiro atoms. The van der Waals surface area contributed by atoms with Gasteiger partial charge in [-0.1, -0.05) is 6.92 Å². The summed E-state index contributed by atoms with van der Waals surface area (Å²) < 4.78 is 28.8. The number of sulfonamides is 1. The van der Waals surface area contributed by atoms with E-state index < -0.39 is 21.7 Å². The minimum atomic E-state index is -3.67. The Morgan fingerprint density at radius 3 is 2.46 bits per heavy atom. The molecule has 1 aliphatic heterocycles. The van der Waals surface area contributed by atoms with Gasteiger partial charge in [-0.2, -0.15) is 10.1 Å². The normalized spacial score (nSPS) is 23.8. The quantitative estimate of drug-likeness (QED) is 0.617. The Morgan fingerprint density at radius 1 is 1.18 bits per heavy atom. The Morgan fingerprint density at radius 2 is 1.82 bits per heavy atom. The molecule has 1 saturated carbocycles. The molecule has 0 bridgehead atoms. The van der Waals surface area contributed by atoms with Gasteiger partial charge in [0, 0.05) is 19.0 Å². The molecule has 28 heavy (non-hydrogen) atoms. The van der Waals surface area contributed by atoms with Crippen molar-refractivity contribution in [1.82, 2.24) is 24.8 Å². The number of hydrogen-bond donors (Lipinski definition) is 3. The number of aromatic nitrogens is 3. The van der Waals surface area contributed by atoms with Crippen molar-refractivity contribution in [3.8, 4) is 0 Å². The molecule has 1 aromatic heterocycles. The Bertz CT molecular complexity index is 755. The molecule has 160 valence electrons. The van der Waals surface area contributed by atoms with E-state index in [1.807, 2.05) is 0 Å². The topological polar surface area (TPSA) is 118 Å². The molecule has 3 N–H and O–H groups in total. The van der Waals surface area contributed by atoms with Crippen molar-refractivity contribution in [1.29, 1.82) is 0 Å². The van der Waals surface area contributed by atoms with Crippen molar-refractivity contribution >= 4 is 34.3 Å². The van der Waals surface area contributed by atoms with Crippen molar-refractivity contribution in [3.05, 3.63) is 5.82 Å². The highest BCUT2D eigenvalue weighted by Crippen LogP contribution is 2.24. The van der Waals surface area contributed by atoms with Crippen LogP contribution >= 0.6 is 12.4 Å². The third-order valence-electron chi connectivity index (χ3n) is 5.42. The second-order valence-corrected chi connectivity index (χ2v) is 9.58. The highest BCUT2D eigenvalue weighted by molar-refractivity contribution is 7.90. The number of rotatable bonds is 6. The Balaban J connectivity index is 0.00000280. The van der Waals surface area contributed by atoms with E-state index in [0.717, 1.165) is 51.6 Å². The molecule has 1 aliphatic carbocycles. The number of carbonyl (C=O) groups excluding carboxylic acids is 1. The molecule has 11 heteroatoms. The fourth-order valence-corrected chi connectivity index (χ4v) is 5.02. The number of piperidine rings is 1. The van der Waals surface area contributed by atoms with Crippen molar-refractivity contribution in [2.75, 3.05) is 24.2 Å². The molecule has 2 fully saturated rings. The van der Waals surface area contributed by atoms with Crippen LogP contribution in [-0.4, -0.2) is 54.0 Å². The van der Waals surface area contributed by atoms with E-state index >= 15 is 0 Å². The maximum absolute atomic E-state index is 12.3. The maximum atomic E-state index is 12.3. The van der Waals surface area contributed by atoms with E-state index in [1.165, 1.54) is 4.68 Å². The molecular weight excluding hydrogens is 404 g/mol. The summed E-state index contributed by atoms with van der Waals surface area (Å²) in [4.78, 5) is 16.6. The lowest BCUT2D eigenvalue weighted by atomic mass is 9.88. The van der Waals surface area contributed by atoms with Crippen LogP contribution in [0.4, 0.5) is 5.95 Å². The van der Waals surface area contributed by atoms with Gasteiger partial charge in [-0.25, -0.2) is 17.8 Å². The van der Waals surface area contributed by atoms with Crippen LogP contribution in [0.5, 0.6) is 0 Å². The number of nitrogens with zero attached hydrogens (tertiary/aromatic N) is 3. The van der Waals surface area contributed by atoms with Gasteiger partial charge in [0.05, 0.1) is 0 Å². The Hall–Kier alpha value is -1.23. The summed E-state index contributed by atoms with van der Waals surface area (Å²) in [6.07, 6.45) is 5.58. The maximum Gasteiger partial charge on any atom is 0.243 e. The van der Waals surface area contributed by atoms with E-state index in [4.69, 9.17) is 0 Å². The van der Waals surface area contributed by atoms with Gasteiger partial charge in [-0.3, -0.25) is 10.1 Å². The van der Waals surface area contributed by atoms with Crippen LogP contribution in [0.3, 0.4) is 0 Å². The molecular formula is C17H31ClN6O3S. The van der Waals surface area contributed by atoms with Gasteiger partial charge >= 0.3 is 0 Å². The third kappa shape index (κ3) is 6.40. The zero-order chi connectivity index (χ0) is 19.4. The number of halogens is 1. The van der Waals surface area contributed by atoms with Crippen molar-refractivity contribution in [3.63, 3.8) is 0 Å². The molecule has 3 rings (SSSR count). The lowest BCUT2D eigenvalue weighted by molar-refractivity contribution is -0.114. The first-order valence-electron chi connectivity index (χ1n) is 9.74. The molecule has 2 heterocycles. The van der Waals surface area contributed by atoms with Crippen LogP contribution in [0.2, 0.25) is 0 Å². The summed E-state index contributed by atoms with van der Waals surface area (Å²) in [7, 11) is -1.97. The van der Waals surface area contributed by atoms with Crippen LogP contribution in [0.15, 0.2) is 0 Å². The van der Waals surface area contributed by atoms with Crippen LogP contribution < -0.4 is 15.4 Å². The Kier molecular flexibility index (Phi) is 8.23. The fourth-order valence-electron chi connectivity index (χ4n) is 3.77. The van der Waals surface area contributed by atoms with Crippen LogP contribution in [-0.2, 0) is 21.9 Å². The smallest absolute Gasteiger partial charge is 0.243 e. The van der Waals surface area contributed by atoms with E-state index in [0.29, 0.717) is 11.7 Å². The van der Waals surface area contributed by atoms with E-state index in [9.17, 15) is 13.2 Å². The summed E-state index contributed by atoms with van der Waals surface area (Å²) >= 11 is 0. The van der Waals surface area contributed by atoms with Crippen molar-refractivity contribution in [2.24, 2.45) is 13.0 Å². The number of amides is 1. The van der Waals surface area contributed by atoms with Crippen LogP contribution in [0.1, 0.15) is 57.2 Å². The van der Waals surface area contributed by atoms with Gasteiger partial charge in [-0.15, -0.1) is 12.4 Å². The lowest BCUT2D eigenvalue weighted by Gasteiger charge is -2.26. The standard InChI is InChI=1S/C17H30N6O3S.ClH/c1-12-3-5-14(6-4-12)22-27(25,26)11-15(24)19-17-20-16(21-23(17)2)13-7-9-18-10-8-13;/h12-14,18,22H,3-11H2,1-2H3,(H,19,20,21,24);1H. The monoisotopic (exact) mass is 434 g/mol. The minimum Gasteiger partial charge on any atom is -0.317 e.